The third kappa shape index (κ3) is 4.76. The second-order valence-electron chi connectivity index (χ2n) is 6.90. The summed E-state index contributed by atoms with van der Waals surface area (Å²) in [4.78, 5) is 0. The first-order valence-electron chi connectivity index (χ1n) is 8.80. The Kier molecular flexibility index (Phi) is 6.17. The molecular formula is C20H26O6. The van der Waals surface area contributed by atoms with Gasteiger partial charge in [0.1, 0.15) is 30.7 Å². The largest absolute Gasteiger partial charge is 0.497 e. The van der Waals surface area contributed by atoms with Crippen LogP contribution in [0.1, 0.15) is 25.8 Å². The quantitative estimate of drug-likeness (QED) is 0.637. The van der Waals surface area contributed by atoms with E-state index in [-0.39, 0.29) is 18.3 Å². The van der Waals surface area contributed by atoms with Gasteiger partial charge >= 0.3 is 0 Å². The second-order valence-corrected chi connectivity index (χ2v) is 6.90. The highest BCUT2D eigenvalue weighted by Crippen LogP contribution is 2.34. The average Bonchev–Trinajstić information content (AvgIpc) is 2.95. The summed E-state index contributed by atoms with van der Waals surface area (Å²) in [5, 5.41) is 10.4. The van der Waals surface area contributed by atoms with E-state index in [0.29, 0.717) is 26.2 Å². The smallest absolute Gasteiger partial charge is 0.164 e. The van der Waals surface area contributed by atoms with Gasteiger partial charge in [-0.05, 0) is 31.5 Å². The predicted octanol–water partition coefficient (Wildman–Crippen LogP) is 1.89. The van der Waals surface area contributed by atoms with Crippen molar-refractivity contribution in [2.75, 3.05) is 20.3 Å². The Balaban J connectivity index is 1.39. The van der Waals surface area contributed by atoms with Crippen molar-refractivity contribution in [1.29, 1.82) is 0 Å². The fraction of sp³-hybridized carbons (Fsp3) is 0.600. The number of hydrogen-bond donors (Lipinski definition) is 1. The molecule has 6 heteroatoms. The Morgan fingerprint density at radius 2 is 1.96 bits per heavy atom. The fourth-order valence-corrected chi connectivity index (χ4v) is 3.16. The Hall–Kier alpha value is -1.62. The summed E-state index contributed by atoms with van der Waals surface area (Å²) in [5.41, 5.74) is 1.06. The molecule has 0 radical (unpaired) electrons. The van der Waals surface area contributed by atoms with Gasteiger partial charge in [-0.25, -0.2) is 0 Å². The number of fused-ring (bicyclic) bond motifs is 1. The van der Waals surface area contributed by atoms with Crippen LogP contribution in [-0.4, -0.2) is 55.6 Å². The predicted molar refractivity (Wildman–Crippen MR) is 94.6 cm³/mol. The number of hydrogen-bond acceptors (Lipinski definition) is 6. The van der Waals surface area contributed by atoms with Crippen LogP contribution in [0.4, 0.5) is 0 Å². The Morgan fingerprint density at radius 1 is 1.19 bits per heavy atom. The topological polar surface area (TPSA) is 66.4 Å². The summed E-state index contributed by atoms with van der Waals surface area (Å²) >= 11 is 0. The SMILES string of the molecule is COc1ccc(COCC#CC[C@H]2OC[C@H]3OC(C)(C)O[C@H]3[C@@H]2O)cc1. The van der Waals surface area contributed by atoms with E-state index >= 15 is 0 Å². The standard InChI is InChI=1S/C20H26O6/c1-20(2)25-17-13-24-16(18(21)19(17)26-20)6-4-5-11-23-12-14-7-9-15(22-3)10-8-14/h7-10,16-19,21H,6,11-13H2,1-3H3/t16-,17-,18-,19-/m1/s1. The van der Waals surface area contributed by atoms with E-state index in [1.807, 2.05) is 38.1 Å². The maximum absolute atomic E-state index is 10.4. The monoisotopic (exact) mass is 362 g/mol. The molecule has 2 fully saturated rings. The molecular weight excluding hydrogens is 336 g/mol. The van der Waals surface area contributed by atoms with E-state index < -0.39 is 11.9 Å². The molecule has 0 amide bonds. The normalized spacial score (nSPS) is 29.5. The van der Waals surface area contributed by atoms with Crippen molar-refractivity contribution in [2.24, 2.45) is 0 Å². The number of methoxy groups -OCH3 is 1. The Labute approximate surface area is 154 Å². The van der Waals surface area contributed by atoms with Gasteiger partial charge in [0.2, 0.25) is 0 Å². The Bertz CT molecular complexity index is 645. The van der Waals surface area contributed by atoms with Crippen molar-refractivity contribution in [1.82, 2.24) is 0 Å². The lowest BCUT2D eigenvalue weighted by Crippen LogP contribution is -2.51. The minimum absolute atomic E-state index is 0.225. The summed E-state index contributed by atoms with van der Waals surface area (Å²) in [6, 6.07) is 7.71. The summed E-state index contributed by atoms with van der Waals surface area (Å²) in [5.74, 6) is 6.11. The van der Waals surface area contributed by atoms with Gasteiger partial charge in [0.05, 0.1) is 26.4 Å². The van der Waals surface area contributed by atoms with Gasteiger partial charge in [0, 0.05) is 6.42 Å². The molecule has 2 heterocycles. The first-order valence-corrected chi connectivity index (χ1v) is 8.80. The van der Waals surface area contributed by atoms with Crippen LogP contribution in [0.5, 0.6) is 5.75 Å². The molecule has 1 aromatic carbocycles. The second kappa shape index (κ2) is 8.38. The molecule has 0 unspecified atom stereocenters. The van der Waals surface area contributed by atoms with Gasteiger partial charge in [-0.15, -0.1) is 0 Å². The molecule has 26 heavy (non-hydrogen) atoms. The highest BCUT2D eigenvalue weighted by molar-refractivity contribution is 5.26. The molecule has 142 valence electrons. The molecule has 0 aliphatic carbocycles. The molecule has 2 aliphatic rings. The zero-order valence-electron chi connectivity index (χ0n) is 15.4. The Morgan fingerprint density at radius 3 is 2.69 bits per heavy atom. The van der Waals surface area contributed by atoms with E-state index in [2.05, 4.69) is 11.8 Å². The van der Waals surface area contributed by atoms with Crippen LogP contribution in [0, 0.1) is 11.8 Å². The summed E-state index contributed by atoms with van der Waals surface area (Å²) in [6.45, 7) is 4.91. The number of benzene rings is 1. The third-order valence-electron chi connectivity index (χ3n) is 4.44. The molecule has 2 saturated heterocycles. The van der Waals surface area contributed by atoms with Crippen LogP contribution in [0.3, 0.4) is 0 Å². The van der Waals surface area contributed by atoms with Crippen molar-refractivity contribution in [3.63, 3.8) is 0 Å². The van der Waals surface area contributed by atoms with Crippen LogP contribution in [-0.2, 0) is 25.6 Å². The zero-order chi connectivity index (χ0) is 18.6. The van der Waals surface area contributed by atoms with E-state index in [1.165, 1.54) is 0 Å². The lowest BCUT2D eigenvalue weighted by Gasteiger charge is -2.33. The maximum atomic E-state index is 10.4. The molecule has 2 aliphatic heterocycles. The fourth-order valence-electron chi connectivity index (χ4n) is 3.16. The first-order chi connectivity index (χ1) is 12.5. The van der Waals surface area contributed by atoms with Crippen molar-refractivity contribution < 1.29 is 28.8 Å². The third-order valence-corrected chi connectivity index (χ3v) is 4.44. The van der Waals surface area contributed by atoms with Gasteiger partial charge in [-0.3, -0.25) is 0 Å². The highest BCUT2D eigenvalue weighted by Gasteiger charge is 2.50. The van der Waals surface area contributed by atoms with Crippen LogP contribution in [0.2, 0.25) is 0 Å². The van der Waals surface area contributed by atoms with Crippen LogP contribution in [0.25, 0.3) is 0 Å². The lowest BCUT2D eigenvalue weighted by atomic mass is 9.98. The number of ether oxygens (including phenoxy) is 5. The lowest BCUT2D eigenvalue weighted by molar-refractivity contribution is -0.159. The summed E-state index contributed by atoms with van der Waals surface area (Å²) < 4.78 is 27.8. The van der Waals surface area contributed by atoms with E-state index in [0.717, 1.165) is 11.3 Å². The van der Waals surface area contributed by atoms with Gasteiger partial charge in [-0.2, -0.15) is 0 Å². The highest BCUT2D eigenvalue weighted by atomic mass is 16.8. The van der Waals surface area contributed by atoms with Crippen molar-refractivity contribution in [3.05, 3.63) is 29.8 Å². The molecule has 0 spiro atoms. The molecule has 1 N–H and O–H groups in total. The molecule has 0 saturated carbocycles. The van der Waals surface area contributed by atoms with Gasteiger partial charge < -0.3 is 28.8 Å². The average molecular weight is 362 g/mol. The van der Waals surface area contributed by atoms with E-state index in [1.54, 1.807) is 7.11 Å². The summed E-state index contributed by atoms with van der Waals surface area (Å²) in [7, 11) is 1.64. The number of rotatable bonds is 5. The van der Waals surface area contributed by atoms with E-state index in [4.69, 9.17) is 23.7 Å². The molecule has 4 atom stereocenters. The summed E-state index contributed by atoms with van der Waals surface area (Å²) in [6.07, 6.45) is -1.28. The van der Waals surface area contributed by atoms with Crippen LogP contribution >= 0.6 is 0 Å². The minimum atomic E-state index is -0.745. The van der Waals surface area contributed by atoms with Crippen molar-refractivity contribution in [2.45, 2.75) is 57.1 Å². The van der Waals surface area contributed by atoms with Gasteiger partial charge in [-0.1, -0.05) is 24.0 Å². The van der Waals surface area contributed by atoms with Crippen molar-refractivity contribution >= 4 is 0 Å². The molecule has 3 rings (SSSR count). The number of aliphatic hydroxyl groups is 1. The molecule has 0 bridgehead atoms. The van der Waals surface area contributed by atoms with Crippen molar-refractivity contribution in [3.8, 4) is 17.6 Å². The van der Waals surface area contributed by atoms with Gasteiger partial charge in [0.25, 0.3) is 0 Å². The van der Waals surface area contributed by atoms with Crippen LogP contribution < -0.4 is 4.74 Å². The van der Waals surface area contributed by atoms with Gasteiger partial charge in [0.15, 0.2) is 5.79 Å². The van der Waals surface area contributed by atoms with E-state index in [9.17, 15) is 5.11 Å². The first kappa shape index (κ1) is 19.2. The molecule has 6 nitrogen and oxygen atoms in total. The zero-order valence-corrected chi connectivity index (χ0v) is 15.4. The molecule has 0 aromatic heterocycles. The van der Waals surface area contributed by atoms with Crippen LogP contribution in [0.15, 0.2) is 24.3 Å². The maximum Gasteiger partial charge on any atom is 0.164 e. The minimum Gasteiger partial charge on any atom is -0.497 e. The number of aliphatic hydroxyl groups excluding tert-OH is 1. The molecule has 1 aromatic rings.